The number of ether oxygens (including phenoxy) is 2. The van der Waals surface area contributed by atoms with Crippen molar-refractivity contribution >= 4 is 29.3 Å². The molecule has 4 rings (SSSR count). The minimum atomic E-state index is -0.140. The van der Waals surface area contributed by atoms with Crippen LogP contribution < -0.4 is 19.7 Å². The average molecular weight is 398 g/mol. The van der Waals surface area contributed by atoms with E-state index in [-0.39, 0.29) is 31.4 Å². The Balaban J connectivity index is 1.29. The lowest BCUT2D eigenvalue weighted by Gasteiger charge is -2.32. The first-order valence-electron chi connectivity index (χ1n) is 9.31. The van der Waals surface area contributed by atoms with Gasteiger partial charge in [0.05, 0.1) is 5.69 Å². The summed E-state index contributed by atoms with van der Waals surface area (Å²) in [5, 5.41) is 3.20. The Morgan fingerprint density at radius 2 is 1.96 bits per heavy atom. The van der Waals surface area contributed by atoms with Gasteiger partial charge < -0.3 is 19.7 Å². The summed E-state index contributed by atoms with van der Waals surface area (Å²) in [6.45, 7) is 3.40. The Hall–Kier alpha value is -2.67. The smallest absolute Gasteiger partial charge is 0.231 e. The number of hydrogen-bond acceptors (Lipinski definition) is 5. The molecule has 2 amide bonds. The largest absolute Gasteiger partial charge is 0.454 e. The molecule has 146 valence electrons. The van der Waals surface area contributed by atoms with Crippen LogP contribution in [-0.4, -0.2) is 30.4 Å². The molecule has 1 atom stereocenters. The number of thioether (sulfide) groups is 1. The summed E-state index contributed by atoms with van der Waals surface area (Å²) >= 11 is 1.78. The molecule has 2 aliphatic rings. The van der Waals surface area contributed by atoms with Gasteiger partial charge in [-0.05, 0) is 29.8 Å². The third-order valence-electron chi connectivity index (χ3n) is 4.72. The second kappa shape index (κ2) is 8.14. The molecule has 0 aliphatic carbocycles. The van der Waals surface area contributed by atoms with Crippen LogP contribution >= 0.6 is 11.8 Å². The van der Waals surface area contributed by atoms with Crippen molar-refractivity contribution in [1.29, 1.82) is 0 Å². The summed E-state index contributed by atoms with van der Waals surface area (Å²) in [6.07, 6.45) is 0.363. The zero-order valence-electron chi connectivity index (χ0n) is 15.6. The van der Waals surface area contributed by atoms with Crippen LogP contribution in [-0.2, 0) is 16.1 Å². The fraction of sp³-hybridized carbons (Fsp3) is 0.333. The second-order valence-electron chi connectivity index (χ2n) is 6.86. The number of amides is 2. The maximum atomic E-state index is 12.7. The van der Waals surface area contributed by atoms with Crippen LogP contribution in [0.15, 0.2) is 47.4 Å². The highest BCUT2D eigenvalue weighted by molar-refractivity contribution is 8.00. The van der Waals surface area contributed by atoms with Crippen LogP contribution in [0.1, 0.15) is 25.3 Å². The Bertz CT molecular complexity index is 902. The fourth-order valence-corrected chi connectivity index (χ4v) is 4.43. The molecule has 0 saturated heterocycles. The van der Waals surface area contributed by atoms with E-state index in [1.54, 1.807) is 11.8 Å². The third kappa shape index (κ3) is 4.09. The molecule has 2 aliphatic heterocycles. The zero-order chi connectivity index (χ0) is 19.5. The van der Waals surface area contributed by atoms with Crippen molar-refractivity contribution in [2.75, 3.05) is 18.2 Å². The lowest BCUT2D eigenvalue weighted by atomic mass is 10.2. The van der Waals surface area contributed by atoms with E-state index >= 15 is 0 Å². The topological polar surface area (TPSA) is 67.9 Å². The number of rotatable bonds is 5. The first-order chi connectivity index (χ1) is 13.6. The van der Waals surface area contributed by atoms with Crippen molar-refractivity contribution in [2.45, 2.75) is 36.5 Å². The van der Waals surface area contributed by atoms with Crippen LogP contribution in [0, 0.1) is 0 Å². The van der Waals surface area contributed by atoms with Gasteiger partial charge in [0.25, 0.3) is 0 Å². The van der Waals surface area contributed by atoms with E-state index in [1.807, 2.05) is 47.4 Å². The summed E-state index contributed by atoms with van der Waals surface area (Å²) in [6, 6.07) is 13.5. The number of para-hydroxylation sites is 1. The van der Waals surface area contributed by atoms with E-state index in [1.165, 1.54) is 0 Å². The van der Waals surface area contributed by atoms with Gasteiger partial charge in [0.2, 0.25) is 18.6 Å². The minimum Gasteiger partial charge on any atom is -0.454 e. The van der Waals surface area contributed by atoms with Gasteiger partial charge in [-0.2, -0.15) is 0 Å². The van der Waals surface area contributed by atoms with Crippen molar-refractivity contribution < 1.29 is 19.1 Å². The maximum absolute atomic E-state index is 12.7. The molecule has 6 nitrogen and oxygen atoms in total. The Labute approximate surface area is 168 Å². The lowest BCUT2D eigenvalue weighted by Crippen LogP contribution is -2.39. The predicted octanol–water partition coefficient (Wildman–Crippen LogP) is 3.34. The van der Waals surface area contributed by atoms with Crippen molar-refractivity contribution in [3.63, 3.8) is 0 Å². The lowest BCUT2D eigenvalue weighted by molar-refractivity contribution is -0.125. The van der Waals surface area contributed by atoms with Crippen molar-refractivity contribution in [3.8, 4) is 11.5 Å². The quantitative estimate of drug-likeness (QED) is 0.837. The fourth-order valence-electron chi connectivity index (χ4n) is 3.32. The minimum absolute atomic E-state index is 0.0159. The molecule has 0 saturated carbocycles. The molecule has 2 heterocycles. The van der Waals surface area contributed by atoms with Crippen LogP contribution in [0.3, 0.4) is 0 Å². The number of hydrogen-bond donors (Lipinski definition) is 1. The molecule has 28 heavy (non-hydrogen) atoms. The molecule has 0 spiro atoms. The molecule has 1 N–H and O–H groups in total. The molecule has 0 fully saturated rings. The normalized spacial score (nSPS) is 17.2. The highest BCUT2D eigenvalue weighted by Gasteiger charge is 2.26. The Morgan fingerprint density at radius 1 is 1.14 bits per heavy atom. The molecule has 0 unspecified atom stereocenters. The Morgan fingerprint density at radius 3 is 2.86 bits per heavy atom. The SMILES string of the molecule is C[C@H]1CN(C(=O)CCC(=O)NCc2ccc3c(c2)OCO3)c2ccccc2S1. The summed E-state index contributed by atoms with van der Waals surface area (Å²) in [5.74, 6) is 1.25. The molecule has 0 aromatic heterocycles. The van der Waals surface area contributed by atoms with Crippen LogP contribution in [0.5, 0.6) is 11.5 Å². The molecule has 0 bridgehead atoms. The van der Waals surface area contributed by atoms with E-state index in [4.69, 9.17) is 9.47 Å². The third-order valence-corrected chi connectivity index (χ3v) is 5.87. The number of carbonyl (C=O) groups is 2. The predicted molar refractivity (Wildman–Crippen MR) is 108 cm³/mol. The number of fused-ring (bicyclic) bond motifs is 2. The van der Waals surface area contributed by atoms with E-state index in [9.17, 15) is 9.59 Å². The zero-order valence-corrected chi connectivity index (χ0v) is 16.5. The molecule has 2 aromatic rings. The number of benzene rings is 2. The van der Waals surface area contributed by atoms with Crippen molar-refractivity contribution in [3.05, 3.63) is 48.0 Å². The number of carbonyl (C=O) groups excluding carboxylic acids is 2. The molecular formula is C21H22N2O4S. The summed E-state index contributed by atoms with van der Waals surface area (Å²) < 4.78 is 10.6. The van der Waals surface area contributed by atoms with Crippen LogP contribution in [0.4, 0.5) is 5.69 Å². The van der Waals surface area contributed by atoms with Gasteiger partial charge in [-0.15, -0.1) is 11.8 Å². The van der Waals surface area contributed by atoms with Crippen molar-refractivity contribution in [1.82, 2.24) is 5.32 Å². The van der Waals surface area contributed by atoms with Crippen LogP contribution in [0.25, 0.3) is 0 Å². The molecule has 2 aromatic carbocycles. The number of nitrogens with zero attached hydrogens (tertiary/aromatic N) is 1. The van der Waals surface area contributed by atoms with E-state index in [0.29, 0.717) is 24.1 Å². The van der Waals surface area contributed by atoms with Crippen LogP contribution in [0.2, 0.25) is 0 Å². The number of nitrogens with one attached hydrogen (secondary N) is 1. The summed E-state index contributed by atoms with van der Waals surface area (Å²) in [5.41, 5.74) is 1.87. The van der Waals surface area contributed by atoms with Gasteiger partial charge in [-0.25, -0.2) is 0 Å². The molecule has 7 heteroatoms. The summed E-state index contributed by atoms with van der Waals surface area (Å²) in [4.78, 5) is 27.8. The molecule has 0 radical (unpaired) electrons. The van der Waals surface area contributed by atoms with Gasteiger partial charge in [0.15, 0.2) is 11.5 Å². The van der Waals surface area contributed by atoms with E-state index in [0.717, 1.165) is 21.9 Å². The standard InChI is InChI=1S/C21H22N2O4S/c1-14-12-23(16-4-2-3-5-19(16)28-14)21(25)9-8-20(24)22-11-15-6-7-17-18(10-15)27-13-26-17/h2-7,10,14H,8-9,11-13H2,1H3,(H,22,24)/t14-/m0/s1. The average Bonchev–Trinajstić information content (AvgIpc) is 3.17. The number of anilines is 1. The summed E-state index contributed by atoms with van der Waals surface area (Å²) in [7, 11) is 0. The van der Waals surface area contributed by atoms with Crippen molar-refractivity contribution in [2.24, 2.45) is 0 Å². The first-order valence-corrected chi connectivity index (χ1v) is 10.2. The van der Waals surface area contributed by atoms with Gasteiger partial charge in [-0.3, -0.25) is 9.59 Å². The molecular weight excluding hydrogens is 376 g/mol. The van der Waals surface area contributed by atoms with Gasteiger partial charge in [0.1, 0.15) is 0 Å². The maximum Gasteiger partial charge on any atom is 0.231 e. The highest BCUT2D eigenvalue weighted by Crippen LogP contribution is 2.38. The highest BCUT2D eigenvalue weighted by atomic mass is 32.2. The monoisotopic (exact) mass is 398 g/mol. The first kappa shape index (κ1) is 18.7. The van der Waals surface area contributed by atoms with Gasteiger partial charge >= 0.3 is 0 Å². The second-order valence-corrected chi connectivity index (χ2v) is 8.35. The van der Waals surface area contributed by atoms with E-state index in [2.05, 4.69) is 12.2 Å². The van der Waals surface area contributed by atoms with E-state index < -0.39 is 0 Å². The van der Waals surface area contributed by atoms with Gasteiger partial charge in [0, 0.05) is 36.1 Å². The Kier molecular flexibility index (Phi) is 5.43. The van der Waals surface area contributed by atoms with Gasteiger partial charge in [-0.1, -0.05) is 25.1 Å².